The number of carbonyl (C=O) groups is 3. The smallest absolute Gasteiger partial charge is 0.329 e. The first-order chi connectivity index (χ1) is 8.07. The quantitative estimate of drug-likeness (QED) is 0.703. The molecule has 2 rings (SSSR count). The molecule has 0 aliphatic carbocycles. The monoisotopic (exact) mass is 235 g/mol. The molecule has 1 aromatic carbocycles. The Bertz CT molecular complexity index is 475. The first-order valence-corrected chi connectivity index (χ1v) is 4.88. The molecule has 0 radical (unpaired) electrons. The molecule has 0 spiro atoms. The number of rotatable bonds is 3. The number of fused-ring (bicyclic) bond motifs is 1. The highest BCUT2D eigenvalue weighted by Crippen LogP contribution is 2.24. The fourth-order valence-electron chi connectivity index (χ4n) is 1.76. The minimum Gasteiger partial charge on any atom is -0.480 e. The number of benzene rings is 1. The lowest BCUT2D eigenvalue weighted by molar-refractivity contribution is -0.142. The van der Waals surface area contributed by atoms with E-state index in [9.17, 15) is 14.4 Å². The predicted octanol–water partition coefficient (Wildman–Crippen LogP) is -0.272. The molecule has 0 aromatic heterocycles. The van der Waals surface area contributed by atoms with Crippen LogP contribution in [0.25, 0.3) is 0 Å². The van der Waals surface area contributed by atoms with E-state index in [1.165, 1.54) is 12.1 Å². The summed E-state index contributed by atoms with van der Waals surface area (Å²) < 4.78 is 0. The molecule has 6 nitrogen and oxygen atoms in total. The molecule has 0 saturated heterocycles. The molecule has 0 bridgehead atoms. The normalized spacial score (nSPS) is 15.9. The maximum Gasteiger partial charge on any atom is 0.329 e. The van der Waals surface area contributed by atoms with Crippen molar-refractivity contribution in [2.45, 2.75) is 6.04 Å². The molecule has 1 atom stereocenters. The van der Waals surface area contributed by atoms with Gasteiger partial charge in [-0.1, -0.05) is 12.1 Å². The van der Waals surface area contributed by atoms with Crippen LogP contribution < -0.4 is 0 Å². The van der Waals surface area contributed by atoms with E-state index in [0.717, 1.165) is 0 Å². The Labute approximate surface area is 96.1 Å². The van der Waals surface area contributed by atoms with Crippen LogP contribution in [-0.2, 0) is 4.79 Å². The van der Waals surface area contributed by atoms with Gasteiger partial charge in [0.05, 0.1) is 17.7 Å². The molecule has 2 N–H and O–H groups in total. The number of carboxylic acids is 1. The molecular weight excluding hydrogens is 226 g/mol. The van der Waals surface area contributed by atoms with Gasteiger partial charge >= 0.3 is 5.97 Å². The second-order valence-electron chi connectivity index (χ2n) is 3.56. The summed E-state index contributed by atoms with van der Waals surface area (Å²) in [6.07, 6.45) is 0. The molecule has 1 aromatic rings. The first kappa shape index (κ1) is 11.3. The topological polar surface area (TPSA) is 94.9 Å². The number of carboxylic acid groups (broad SMARTS) is 1. The Hall–Kier alpha value is -2.21. The molecule has 6 heteroatoms. The standard InChI is InChI=1S/C11H9NO5/c13-5-8(11(16)17)12-9(14)6-3-1-2-4-7(6)10(12)15/h1-4,8,13H,5H2,(H,16,17)/t8-/m1/s1. The molecule has 0 saturated carbocycles. The molecule has 1 heterocycles. The molecule has 1 aliphatic rings. The summed E-state index contributed by atoms with van der Waals surface area (Å²) in [6.45, 7) is -0.805. The number of aliphatic hydroxyl groups is 1. The van der Waals surface area contributed by atoms with Gasteiger partial charge in [-0.2, -0.15) is 0 Å². The molecule has 0 fully saturated rings. The van der Waals surface area contributed by atoms with Crippen LogP contribution in [0.15, 0.2) is 24.3 Å². The van der Waals surface area contributed by atoms with Crippen LogP contribution in [0, 0.1) is 0 Å². The summed E-state index contributed by atoms with van der Waals surface area (Å²) in [5.74, 6) is -2.79. The van der Waals surface area contributed by atoms with E-state index in [0.29, 0.717) is 4.90 Å². The third kappa shape index (κ3) is 1.58. The number of carbonyl (C=O) groups excluding carboxylic acids is 2. The zero-order chi connectivity index (χ0) is 12.6. The maximum absolute atomic E-state index is 11.8. The van der Waals surface area contributed by atoms with Gasteiger partial charge in [-0.15, -0.1) is 0 Å². The highest BCUT2D eigenvalue weighted by Gasteiger charge is 2.42. The Morgan fingerprint density at radius 1 is 1.18 bits per heavy atom. The highest BCUT2D eigenvalue weighted by molar-refractivity contribution is 6.22. The summed E-state index contributed by atoms with van der Waals surface area (Å²) in [4.78, 5) is 35.1. The third-order valence-corrected chi connectivity index (χ3v) is 2.60. The molecule has 0 unspecified atom stereocenters. The van der Waals surface area contributed by atoms with Gasteiger partial charge in [0, 0.05) is 0 Å². The number of hydrogen-bond donors (Lipinski definition) is 2. The van der Waals surface area contributed by atoms with E-state index in [1.807, 2.05) is 0 Å². The van der Waals surface area contributed by atoms with Gasteiger partial charge in [-0.05, 0) is 12.1 Å². The van der Waals surface area contributed by atoms with Gasteiger partial charge in [-0.3, -0.25) is 14.5 Å². The van der Waals surface area contributed by atoms with Crippen molar-refractivity contribution >= 4 is 17.8 Å². The Kier molecular flexibility index (Phi) is 2.64. The number of imide groups is 1. The van der Waals surface area contributed by atoms with Crippen LogP contribution in [-0.4, -0.2) is 45.5 Å². The van der Waals surface area contributed by atoms with Gasteiger partial charge in [0.1, 0.15) is 0 Å². The average Bonchev–Trinajstić information content (AvgIpc) is 2.56. The van der Waals surface area contributed by atoms with Gasteiger partial charge in [0.25, 0.3) is 11.8 Å². The zero-order valence-corrected chi connectivity index (χ0v) is 8.66. The third-order valence-electron chi connectivity index (χ3n) is 2.60. The van der Waals surface area contributed by atoms with E-state index in [1.54, 1.807) is 12.1 Å². The van der Waals surface area contributed by atoms with Gasteiger partial charge in [0.2, 0.25) is 0 Å². The molecule has 1 aliphatic heterocycles. The van der Waals surface area contributed by atoms with Crippen molar-refractivity contribution in [2.24, 2.45) is 0 Å². The number of aliphatic hydroxyl groups excluding tert-OH is 1. The lowest BCUT2D eigenvalue weighted by Gasteiger charge is -2.20. The van der Waals surface area contributed by atoms with E-state index in [-0.39, 0.29) is 11.1 Å². The fourth-order valence-corrected chi connectivity index (χ4v) is 1.76. The van der Waals surface area contributed by atoms with E-state index in [2.05, 4.69) is 0 Å². The highest BCUT2D eigenvalue weighted by atomic mass is 16.4. The Morgan fingerprint density at radius 3 is 2.00 bits per heavy atom. The van der Waals surface area contributed by atoms with Crippen LogP contribution >= 0.6 is 0 Å². The average molecular weight is 235 g/mol. The zero-order valence-electron chi connectivity index (χ0n) is 8.66. The van der Waals surface area contributed by atoms with E-state index < -0.39 is 30.4 Å². The van der Waals surface area contributed by atoms with Gasteiger partial charge in [0.15, 0.2) is 6.04 Å². The molecular formula is C11H9NO5. The van der Waals surface area contributed by atoms with Crippen molar-refractivity contribution in [3.05, 3.63) is 35.4 Å². The number of nitrogens with zero attached hydrogens (tertiary/aromatic N) is 1. The second-order valence-corrected chi connectivity index (χ2v) is 3.56. The molecule has 2 amide bonds. The van der Waals surface area contributed by atoms with Crippen molar-refractivity contribution in [1.29, 1.82) is 0 Å². The van der Waals surface area contributed by atoms with Crippen LogP contribution in [0.4, 0.5) is 0 Å². The summed E-state index contributed by atoms with van der Waals surface area (Å²) in [5.41, 5.74) is 0.328. The van der Waals surface area contributed by atoms with Crippen molar-refractivity contribution in [3.63, 3.8) is 0 Å². The minimum absolute atomic E-state index is 0.164. The van der Waals surface area contributed by atoms with E-state index >= 15 is 0 Å². The van der Waals surface area contributed by atoms with E-state index in [4.69, 9.17) is 10.2 Å². The van der Waals surface area contributed by atoms with Crippen LogP contribution in [0.5, 0.6) is 0 Å². The summed E-state index contributed by atoms with van der Waals surface area (Å²) in [5, 5.41) is 17.8. The van der Waals surface area contributed by atoms with Gasteiger partial charge in [-0.25, -0.2) is 4.79 Å². The lowest BCUT2D eigenvalue weighted by atomic mass is 10.1. The fraction of sp³-hybridized carbons (Fsp3) is 0.182. The lowest BCUT2D eigenvalue weighted by Crippen LogP contribution is -2.47. The van der Waals surface area contributed by atoms with Crippen LogP contribution in [0.2, 0.25) is 0 Å². The molecule has 88 valence electrons. The van der Waals surface area contributed by atoms with Crippen molar-refractivity contribution < 1.29 is 24.6 Å². The summed E-state index contributed by atoms with van der Waals surface area (Å²) >= 11 is 0. The first-order valence-electron chi connectivity index (χ1n) is 4.88. The second kappa shape index (κ2) is 3.99. The van der Waals surface area contributed by atoms with Crippen LogP contribution in [0.3, 0.4) is 0 Å². The minimum atomic E-state index is -1.54. The Balaban J connectivity index is 2.46. The molecule has 17 heavy (non-hydrogen) atoms. The number of aliphatic carboxylic acids is 1. The largest absolute Gasteiger partial charge is 0.480 e. The Morgan fingerprint density at radius 2 is 1.65 bits per heavy atom. The summed E-state index contributed by atoms with van der Waals surface area (Å²) in [7, 11) is 0. The predicted molar refractivity (Wildman–Crippen MR) is 55.5 cm³/mol. The summed E-state index contributed by atoms with van der Waals surface area (Å²) in [6, 6.07) is 4.53. The maximum atomic E-state index is 11.8. The van der Waals surface area contributed by atoms with Crippen molar-refractivity contribution in [3.8, 4) is 0 Å². The number of amides is 2. The van der Waals surface area contributed by atoms with Gasteiger partial charge < -0.3 is 10.2 Å². The SMILES string of the molecule is O=C(O)[C@@H](CO)N1C(=O)c2ccccc2C1=O. The van der Waals surface area contributed by atoms with Crippen LogP contribution in [0.1, 0.15) is 20.7 Å². The van der Waals surface area contributed by atoms with Crippen molar-refractivity contribution in [1.82, 2.24) is 4.90 Å². The van der Waals surface area contributed by atoms with Crippen molar-refractivity contribution in [2.75, 3.05) is 6.61 Å². The number of hydrogen-bond acceptors (Lipinski definition) is 4.